The largest absolute Gasteiger partial charge is 0.328 e. The van der Waals surface area contributed by atoms with Gasteiger partial charge in [-0.05, 0) is 80.7 Å². The number of carbonyl (C=O) groups is 1. The second kappa shape index (κ2) is 9.91. The van der Waals surface area contributed by atoms with Crippen LogP contribution in [0.25, 0.3) is 0 Å². The SMILES string of the molecule is CC(c1cc(Cl)cc(Cl)c1)N1CC=C(C2CC(c3ccc(F)cc3)CCN2C)C1=O.Cl. The third-order valence-electron chi connectivity index (χ3n) is 6.42. The molecule has 0 aliphatic carbocycles. The molecule has 3 nitrogen and oxygen atoms in total. The van der Waals surface area contributed by atoms with Crippen molar-refractivity contribution in [3.63, 3.8) is 0 Å². The zero-order valence-corrected chi connectivity index (χ0v) is 19.9. The van der Waals surface area contributed by atoms with Crippen molar-refractivity contribution in [2.45, 2.75) is 37.8 Å². The maximum Gasteiger partial charge on any atom is 0.251 e. The fourth-order valence-electron chi connectivity index (χ4n) is 4.63. The Morgan fingerprint density at radius 2 is 1.74 bits per heavy atom. The zero-order chi connectivity index (χ0) is 21.4. The molecule has 2 aromatic rings. The number of carbonyl (C=O) groups excluding carboxylic acids is 1. The van der Waals surface area contributed by atoms with Gasteiger partial charge in [-0.1, -0.05) is 41.4 Å². The van der Waals surface area contributed by atoms with Crippen LogP contribution in [0.3, 0.4) is 0 Å². The Kier molecular flexibility index (Phi) is 7.69. The van der Waals surface area contributed by atoms with Gasteiger partial charge in [0.15, 0.2) is 0 Å². The zero-order valence-electron chi connectivity index (χ0n) is 17.5. The van der Waals surface area contributed by atoms with Gasteiger partial charge in [0.1, 0.15) is 5.82 Å². The van der Waals surface area contributed by atoms with Gasteiger partial charge in [0.25, 0.3) is 5.91 Å². The monoisotopic (exact) mass is 482 g/mol. The van der Waals surface area contributed by atoms with Crippen LogP contribution in [0.4, 0.5) is 4.39 Å². The minimum absolute atomic E-state index is 0. The van der Waals surface area contributed by atoms with E-state index in [2.05, 4.69) is 18.0 Å². The summed E-state index contributed by atoms with van der Waals surface area (Å²) in [4.78, 5) is 17.5. The summed E-state index contributed by atoms with van der Waals surface area (Å²) < 4.78 is 13.3. The maximum absolute atomic E-state index is 13.3. The summed E-state index contributed by atoms with van der Waals surface area (Å²) in [5.41, 5.74) is 2.92. The number of likely N-dealkylation sites (N-methyl/N-ethyl adjacent to an activating group) is 1. The third-order valence-corrected chi connectivity index (χ3v) is 6.86. The molecule has 4 rings (SSSR count). The Labute approximate surface area is 199 Å². The first kappa shape index (κ1) is 24.1. The van der Waals surface area contributed by atoms with Crippen LogP contribution in [0.5, 0.6) is 0 Å². The molecule has 0 spiro atoms. The minimum Gasteiger partial charge on any atom is -0.328 e. The molecule has 1 fully saturated rings. The molecular weight excluding hydrogens is 458 g/mol. The van der Waals surface area contributed by atoms with Crippen molar-refractivity contribution >= 4 is 41.5 Å². The number of piperidine rings is 1. The molecule has 0 bridgehead atoms. The van der Waals surface area contributed by atoms with Crippen molar-refractivity contribution < 1.29 is 9.18 Å². The van der Waals surface area contributed by atoms with Crippen molar-refractivity contribution in [2.75, 3.05) is 20.1 Å². The van der Waals surface area contributed by atoms with Gasteiger partial charge in [-0.15, -0.1) is 12.4 Å². The van der Waals surface area contributed by atoms with Gasteiger partial charge in [-0.25, -0.2) is 4.39 Å². The molecular formula is C24H26Cl3FN2O. The van der Waals surface area contributed by atoms with E-state index in [1.807, 2.05) is 36.1 Å². The molecule has 166 valence electrons. The smallest absolute Gasteiger partial charge is 0.251 e. The van der Waals surface area contributed by atoms with Gasteiger partial charge < -0.3 is 4.90 Å². The summed E-state index contributed by atoms with van der Waals surface area (Å²) >= 11 is 12.3. The average Bonchev–Trinajstić information content (AvgIpc) is 3.09. The predicted molar refractivity (Wildman–Crippen MR) is 127 cm³/mol. The molecule has 0 aromatic heterocycles. The van der Waals surface area contributed by atoms with E-state index in [1.54, 1.807) is 6.07 Å². The van der Waals surface area contributed by atoms with Crippen LogP contribution in [0.2, 0.25) is 10.0 Å². The van der Waals surface area contributed by atoms with Crippen molar-refractivity contribution in [1.29, 1.82) is 0 Å². The lowest BCUT2D eigenvalue weighted by atomic mass is 9.83. The van der Waals surface area contributed by atoms with E-state index in [-0.39, 0.29) is 36.2 Å². The molecule has 0 N–H and O–H groups in total. The number of likely N-dealkylation sites (tertiary alicyclic amines) is 1. The molecule has 3 atom stereocenters. The highest BCUT2D eigenvalue weighted by molar-refractivity contribution is 6.34. The number of amides is 1. The lowest BCUT2D eigenvalue weighted by Crippen LogP contribution is -2.43. The second-order valence-electron chi connectivity index (χ2n) is 8.26. The lowest BCUT2D eigenvalue weighted by molar-refractivity contribution is -0.128. The van der Waals surface area contributed by atoms with Crippen LogP contribution in [0, 0.1) is 5.82 Å². The lowest BCUT2D eigenvalue weighted by Gasteiger charge is -2.38. The molecule has 3 unspecified atom stereocenters. The number of rotatable bonds is 4. The van der Waals surface area contributed by atoms with E-state index in [9.17, 15) is 9.18 Å². The highest BCUT2D eigenvalue weighted by atomic mass is 35.5. The van der Waals surface area contributed by atoms with Gasteiger partial charge in [0.2, 0.25) is 0 Å². The highest BCUT2D eigenvalue weighted by Gasteiger charge is 2.37. The van der Waals surface area contributed by atoms with Crippen LogP contribution < -0.4 is 0 Å². The molecule has 31 heavy (non-hydrogen) atoms. The topological polar surface area (TPSA) is 23.6 Å². The number of hydrogen-bond acceptors (Lipinski definition) is 2. The van der Waals surface area contributed by atoms with E-state index in [0.717, 1.165) is 36.1 Å². The Morgan fingerprint density at radius 3 is 2.39 bits per heavy atom. The summed E-state index contributed by atoms with van der Waals surface area (Å²) in [6.07, 6.45) is 3.91. The average molecular weight is 484 g/mol. The summed E-state index contributed by atoms with van der Waals surface area (Å²) in [7, 11) is 2.07. The molecule has 2 heterocycles. The van der Waals surface area contributed by atoms with Crippen LogP contribution in [-0.4, -0.2) is 41.9 Å². The Hall–Kier alpha value is -1.59. The van der Waals surface area contributed by atoms with Crippen molar-refractivity contribution in [3.8, 4) is 0 Å². The number of benzene rings is 2. The first-order valence-electron chi connectivity index (χ1n) is 10.3. The quantitative estimate of drug-likeness (QED) is 0.512. The van der Waals surface area contributed by atoms with Crippen LogP contribution in [-0.2, 0) is 4.79 Å². The molecule has 2 aliphatic heterocycles. The molecule has 1 amide bonds. The Balaban J connectivity index is 0.00000272. The number of hydrogen-bond donors (Lipinski definition) is 0. The first-order chi connectivity index (χ1) is 14.3. The van der Waals surface area contributed by atoms with Crippen molar-refractivity contribution in [3.05, 3.63) is 81.1 Å². The van der Waals surface area contributed by atoms with E-state index in [1.165, 1.54) is 12.1 Å². The van der Waals surface area contributed by atoms with Gasteiger partial charge in [-0.3, -0.25) is 9.69 Å². The van der Waals surface area contributed by atoms with Crippen molar-refractivity contribution in [2.24, 2.45) is 0 Å². The van der Waals surface area contributed by atoms with Crippen LogP contribution >= 0.6 is 35.6 Å². The molecule has 2 aliphatic rings. The van der Waals surface area contributed by atoms with Gasteiger partial charge in [0.05, 0.1) is 6.04 Å². The molecule has 0 saturated carbocycles. The van der Waals surface area contributed by atoms with Crippen LogP contribution in [0.15, 0.2) is 54.1 Å². The minimum atomic E-state index is -0.220. The molecule has 0 radical (unpaired) electrons. The standard InChI is InChI=1S/C24H25Cl2FN2O.ClH/c1-15(18-11-19(25)14-20(26)12-18)29-10-8-22(24(29)30)23-13-17(7-9-28(23)2)16-3-5-21(27)6-4-16;/h3-6,8,11-12,14-15,17,23H,7,9-10,13H2,1-2H3;1H. The molecule has 2 aromatic carbocycles. The Bertz CT molecular complexity index is 959. The molecule has 7 heteroatoms. The predicted octanol–water partition coefficient (Wildman–Crippen LogP) is 6.26. The van der Waals surface area contributed by atoms with Crippen molar-refractivity contribution in [1.82, 2.24) is 9.80 Å². The summed E-state index contributed by atoms with van der Waals surface area (Å²) in [6.45, 7) is 3.48. The number of nitrogens with zero attached hydrogens (tertiary/aromatic N) is 2. The maximum atomic E-state index is 13.3. The third kappa shape index (κ3) is 5.09. The van der Waals surface area contributed by atoms with Gasteiger partial charge in [0, 0.05) is 28.2 Å². The van der Waals surface area contributed by atoms with Gasteiger partial charge in [-0.2, -0.15) is 0 Å². The number of halogens is 4. The fraction of sp³-hybridized carbons (Fsp3) is 0.375. The summed E-state index contributed by atoms with van der Waals surface area (Å²) in [6, 6.07) is 12.1. The normalized spacial score (nSPS) is 22.8. The highest BCUT2D eigenvalue weighted by Crippen LogP contribution is 2.37. The summed E-state index contributed by atoms with van der Waals surface area (Å²) in [5.74, 6) is 0.163. The second-order valence-corrected chi connectivity index (χ2v) is 9.14. The van der Waals surface area contributed by atoms with E-state index >= 15 is 0 Å². The first-order valence-corrected chi connectivity index (χ1v) is 11.0. The van der Waals surface area contributed by atoms with E-state index in [0.29, 0.717) is 22.5 Å². The summed E-state index contributed by atoms with van der Waals surface area (Å²) in [5, 5.41) is 1.14. The van der Waals surface area contributed by atoms with Gasteiger partial charge >= 0.3 is 0 Å². The van der Waals surface area contributed by atoms with E-state index < -0.39 is 0 Å². The van der Waals surface area contributed by atoms with E-state index in [4.69, 9.17) is 23.2 Å². The fourth-order valence-corrected chi connectivity index (χ4v) is 5.17. The Morgan fingerprint density at radius 1 is 1.10 bits per heavy atom. The molecule has 1 saturated heterocycles. The van der Waals surface area contributed by atoms with Crippen LogP contribution in [0.1, 0.15) is 42.9 Å².